The smallest absolute Gasteiger partial charge is 0.328 e. The van der Waals surface area contributed by atoms with Crippen LogP contribution >= 0.6 is 0 Å². The summed E-state index contributed by atoms with van der Waals surface area (Å²) in [7, 11) is 0. The molecule has 0 aliphatic heterocycles. The molecular weight excluding hydrogens is 268 g/mol. The number of hydrogen-bond donors (Lipinski definition) is 3. The van der Waals surface area contributed by atoms with Gasteiger partial charge in [0.1, 0.15) is 0 Å². The monoisotopic (exact) mass is 290 g/mol. The van der Waals surface area contributed by atoms with Crippen molar-refractivity contribution in [1.82, 2.24) is 0 Å². The number of nitrogens with one attached hydrogen (secondary N) is 1. The molecule has 0 unspecified atom stereocenters. The summed E-state index contributed by atoms with van der Waals surface area (Å²) in [6, 6.07) is 6.91. The van der Waals surface area contributed by atoms with Crippen LogP contribution in [0.15, 0.2) is 30.3 Å². The Kier molecular flexibility index (Phi) is 4.91. The predicted molar refractivity (Wildman–Crippen MR) is 83.8 cm³/mol. The van der Waals surface area contributed by atoms with Gasteiger partial charge in [0.25, 0.3) is 0 Å². The zero-order valence-electron chi connectivity index (χ0n) is 12.8. The zero-order valence-corrected chi connectivity index (χ0v) is 12.8. The second kappa shape index (κ2) is 6.10. The fourth-order valence-electron chi connectivity index (χ4n) is 1.43. The first-order chi connectivity index (χ1) is 9.54. The maximum atomic E-state index is 12.3. The third-order valence-corrected chi connectivity index (χ3v) is 3.77. The average molecular weight is 290 g/mol. The SMILES string of the molecule is CC(C)(N)C(C)(C)C(=O)Nc1ccc(/C=C/C(=O)O)cc1. The van der Waals surface area contributed by atoms with Gasteiger partial charge in [-0.25, -0.2) is 4.79 Å². The van der Waals surface area contributed by atoms with Crippen molar-refractivity contribution >= 4 is 23.6 Å². The van der Waals surface area contributed by atoms with E-state index in [4.69, 9.17) is 10.8 Å². The lowest BCUT2D eigenvalue weighted by molar-refractivity contribution is -0.131. The zero-order chi connectivity index (χ0) is 16.3. The van der Waals surface area contributed by atoms with Gasteiger partial charge in [0, 0.05) is 17.3 Å². The summed E-state index contributed by atoms with van der Waals surface area (Å²) in [5.74, 6) is -1.16. The molecule has 0 atom stereocenters. The summed E-state index contributed by atoms with van der Waals surface area (Å²) in [5, 5.41) is 11.4. The van der Waals surface area contributed by atoms with E-state index in [0.717, 1.165) is 11.6 Å². The number of nitrogens with two attached hydrogens (primary N) is 1. The predicted octanol–water partition coefficient (Wildman–Crippen LogP) is 2.49. The molecule has 0 spiro atoms. The minimum absolute atomic E-state index is 0.163. The van der Waals surface area contributed by atoms with E-state index in [2.05, 4.69) is 5.32 Å². The number of benzene rings is 1. The highest BCUT2D eigenvalue weighted by molar-refractivity contribution is 5.95. The van der Waals surface area contributed by atoms with Crippen LogP contribution in [0.25, 0.3) is 6.08 Å². The highest BCUT2D eigenvalue weighted by Gasteiger charge is 2.40. The number of rotatable bonds is 5. The first-order valence-corrected chi connectivity index (χ1v) is 6.65. The van der Waals surface area contributed by atoms with E-state index < -0.39 is 16.9 Å². The molecular formula is C16H22N2O3. The Balaban J connectivity index is 2.81. The Labute approximate surface area is 124 Å². The minimum atomic E-state index is -1.00. The van der Waals surface area contributed by atoms with Crippen LogP contribution < -0.4 is 11.1 Å². The second-order valence-electron chi connectivity index (χ2n) is 6.09. The molecule has 5 heteroatoms. The number of carbonyl (C=O) groups is 2. The first-order valence-electron chi connectivity index (χ1n) is 6.65. The van der Waals surface area contributed by atoms with Gasteiger partial charge in [0.05, 0.1) is 5.41 Å². The number of carboxylic acids is 1. The normalized spacial score (nSPS) is 12.4. The maximum absolute atomic E-state index is 12.3. The van der Waals surface area contributed by atoms with E-state index in [1.54, 1.807) is 38.1 Å². The molecule has 114 valence electrons. The quantitative estimate of drug-likeness (QED) is 0.726. The lowest BCUT2D eigenvalue weighted by atomic mass is 9.74. The fraction of sp³-hybridized carbons (Fsp3) is 0.375. The molecule has 0 saturated heterocycles. The van der Waals surface area contributed by atoms with Gasteiger partial charge in [-0.05, 0) is 51.5 Å². The largest absolute Gasteiger partial charge is 0.478 e. The van der Waals surface area contributed by atoms with Crippen molar-refractivity contribution in [2.24, 2.45) is 11.1 Å². The van der Waals surface area contributed by atoms with E-state index in [0.29, 0.717) is 5.69 Å². The molecule has 0 aromatic heterocycles. The number of carbonyl (C=O) groups excluding carboxylic acids is 1. The van der Waals surface area contributed by atoms with Gasteiger partial charge in [0.15, 0.2) is 0 Å². The molecule has 21 heavy (non-hydrogen) atoms. The third kappa shape index (κ3) is 4.43. The van der Waals surface area contributed by atoms with Crippen LogP contribution in [-0.4, -0.2) is 22.5 Å². The van der Waals surface area contributed by atoms with Crippen molar-refractivity contribution in [3.05, 3.63) is 35.9 Å². The van der Waals surface area contributed by atoms with E-state index in [1.807, 2.05) is 13.8 Å². The van der Waals surface area contributed by atoms with E-state index in [-0.39, 0.29) is 5.91 Å². The molecule has 4 N–H and O–H groups in total. The highest BCUT2D eigenvalue weighted by atomic mass is 16.4. The lowest BCUT2D eigenvalue weighted by Crippen LogP contribution is -2.53. The van der Waals surface area contributed by atoms with Crippen LogP contribution in [0.3, 0.4) is 0 Å². The molecule has 0 fully saturated rings. The maximum Gasteiger partial charge on any atom is 0.328 e. The van der Waals surface area contributed by atoms with Crippen molar-refractivity contribution in [2.75, 3.05) is 5.32 Å². The number of aliphatic carboxylic acids is 1. The van der Waals surface area contributed by atoms with Crippen LogP contribution in [-0.2, 0) is 9.59 Å². The average Bonchev–Trinajstić information content (AvgIpc) is 2.36. The third-order valence-electron chi connectivity index (χ3n) is 3.77. The standard InChI is InChI=1S/C16H22N2O3/c1-15(2,16(3,4)17)14(21)18-12-8-5-11(6-9-12)7-10-13(19)20/h5-10H,17H2,1-4H3,(H,18,21)(H,19,20)/b10-7+. The van der Waals surface area contributed by atoms with Crippen molar-refractivity contribution in [3.63, 3.8) is 0 Å². The summed E-state index contributed by atoms with van der Waals surface area (Å²) in [6.45, 7) is 7.22. The van der Waals surface area contributed by atoms with Gasteiger partial charge >= 0.3 is 5.97 Å². The molecule has 0 aliphatic rings. The Morgan fingerprint density at radius 3 is 2.10 bits per heavy atom. The number of anilines is 1. The molecule has 5 nitrogen and oxygen atoms in total. The minimum Gasteiger partial charge on any atom is -0.478 e. The van der Waals surface area contributed by atoms with Crippen molar-refractivity contribution in [2.45, 2.75) is 33.2 Å². The molecule has 1 amide bonds. The Bertz CT molecular complexity index is 552. The van der Waals surface area contributed by atoms with Crippen molar-refractivity contribution in [3.8, 4) is 0 Å². The summed E-state index contributed by atoms with van der Waals surface area (Å²) < 4.78 is 0. The molecule has 0 bridgehead atoms. The van der Waals surface area contributed by atoms with Gasteiger partial charge in [0.2, 0.25) is 5.91 Å². The van der Waals surface area contributed by atoms with E-state index >= 15 is 0 Å². The second-order valence-corrected chi connectivity index (χ2v) is 6.09. The Morgan fingerprint density at radius 2 is 1.67 bits per heavy atom. The van der Waals surface area contributed by atoms with Crippen LogP contribution in [0.1, 0.15) is 33.3 Å². The van der Waals surface area contributed by atoms with Gasteiger partial charge in [-0.3, -0.25) is 4.79 Å². The molecule has 0 saturated carbocycles. The van der Waals surface area contributed by atoms with E-state index in [9.17, 15) is 9.59 Å². The first kappa shape index (κ1) is 16.9. The van der Waals surface area contributed by atoms with Gasteiger partial charge in [-0.1, -0.05) is 12.1 Å². The van der Waals surface area contributed by atoms with Crippen LogP contribution in [0.2, 0.25) is 0 Å². The number of hydrogen-bond acceptors (Lipinski definition) is 3. The van der Waals surface area contributed by atoms with Crippen LogP contribution in [0.4, 0.5) is 5.69 Å². The van der Waals surface area contributed by atoms with Crippen LogP contribution in [0, 0.1) is 5.41 Å². The molecule has 1 aromatic carbocycles. The number of carboxylic acid groups (broad SMARTS) is 1. The van der Waals surface area contributed by atoms with Crippen LogP contribution in [0.5, 0.6) is 0 Å². The van der Waals surface area contributed by atoms with Gasteiger partial charge in [-0.15, -0.1) is 0 Å². The molecule has 1 rings (SSSR count). The van der Waals surface area contributed by atoms with Gasteiger partial charge in [-0.2, -0.15) is 0 Å². The topological polar surface area (TPSA) is 92.4 Å². The van der Waals surface area contributed by atoms with Gasteiger partial charge < -0.3 is 16.2 Å². The molecule has 0 aliphatic carbocycles. The molecule has 0 radical (unpaired) electrons. The molecule has 0 heterocycles. The summed E-state index contributed by atoms with van der Waals surface area (Å²) in [5.41, 5.74) is 6.04. The van der Waals surface area contributed by atoms with Crippen molar-refractivity contribution < 1.29 is 14.7 Å². The Morgan fingerprint density at radius 1 is 1.14 bits per heavy atom. The van der Waals surface area contributed by atoms with Crippen molar-refractivity contribution in [1.29, 1.82) is 0 Å². The summed E-state index contributed by atoms with van der Waals surface area (Å²) in [4.78, 5) is 22.7. The highest BCUT2D eigenvalue weighted by Crippen LogP contribution is 2.29. The number of amides is 1. The summed E-state index contributed by atoms with van der Waals surface area (Å²) in [6.07, 6.45) is 2.55. The van der Waals surface area contributed by atoms with E-state index in [1.165, 1.54) is 6.08 Å². The Hall–Kier alpha value is -2.14. The summed E-state index contributed by atoms with van der Waals surface area (Å²) >= 11 is 0. The lowest BCUT2D eigenvalue weighted by Gasteiger charge is -2.36. The molecule has 1 aromatic rings. The fourth-order valence-corrected chi connectivity index (χ4v) is 1.43.